The van der Waals surface area contributed by atoms with Gasteiger partial charge in [-0.15, -0.1) is 11.8 Å². The second kappa shape index (κ2) is 12.8. The Balaban J connectivity index is 1.39. The number of hydrogen-bond acceptors (Lipinski definition) is 9. The van der Waals surface area contributed by atoms with Gasteiger partial charge in [0.1, 0.15) is 29.7 Å². The fourth-order valence-electron chi connectivity index (χ4n) is 3.49. The van der Waals surface area contributed by atoms with Crippen molar-refractivity contribution in [2.45, 2.75) is 63.8 Å². The third kappa shape index (κ3) is 8.87. The maximum atomic E-state index is 12.7. The zero-order valence-electron chi connectivity index (χ0n) is 20.9. The standard InChI is InChI=1S/C25H34N4O6S/c1-25(2,3)35-24(32)28(15-18-9-5-4-6-10-18)13-8-7-11-21(30)33-16-22-34-20(17-36-22)29-14-12-19(26)27-23(29)31/h4-6,9-10,12,14,20,22H,7-8,11,13,15-17H2,1-3H3,(H2,26,27,31). The van der Waals surface area contributed by atoms with Gasteiger partial charge in [0.25, 0.3) is 0 Å². The van der Waals surface area contributed by atoms with Crippen LogP contribution >= 0.6 is 11.8 Å². The highest BCUT2D eigenvalue weighted by Gasteiger charge is 2.29. The molecule has 1 aromatic heterocycles. The first-order valence-corrected chi connectivity index (χ1v) is 12.9. The van der Waals surface area contributed by atoms with Gasteiger partial charge in [-0.05, 0) is 45.2 Å². The largest absolute Gasteiger partial charge is 0.462 e. The number of nitrogens with zero attached hydrogens (tertiary/aromatic N) is 3. The molecule has 36 heavy (non-hydrogen) atoms. The number of aromatic nitrogens is 2. The van der Waals surface area contributed by atoms with Gasteiger partial charge in [0.05, 0.1) is 0 Å². The molecule has 11 heteroatoms. The van der Waals surface area contributed by atoms with Crippen molar-refractivity contribution in [2.75, 3.05) is 24.6 Å². The second-order valence-electron chi connectivity index (χ2n) is 9.42. The number of carbonyl (C=O) groups excluding carboxylic acids is 2. The quantitative estimate of drug-likeness (QED) is 0.371. The number of rotatable bonds is 10. The van der Waals surface area contributed by atoms with Crippen molar-refractivity contribution in [2.24, 2.45) is 0 Å². The molecule has 1 aromatic carbocycles. The smallest absolute Gasteiger partial charge is 0.410 e. The van der Waals surface area contributed by atoms with Gasteiger partial charge in [-0.2, -0.15) is 4.98 Å². The number of nitrogen functional groups attached to an aromatic ring is 1. The molecule has 2 unspecified atom stereocenters. The number of ether oxygens (including phenoxy) is 3. The summed E-state index contributed by atoms with van der Waals surface area (Å²) < 4.78 is 18.1. The van der Waals surface area contributed by atoms with Crippen LogP contribution in [0.1, 0.15) is 51.8 Å². The Morgan fingerprint density at radius 2 is 1.97 bits per heavy atom. The molecule has 0 radical (unpaired) electrons. The third-order valence-corrected chi connectivity index (χ3v) is 6.30. The maximum absolute atomic E-state index is 12.7. The summed E-state index contributed by atoms with van der Waals surface area (Å²) in [5.74, 6) is 0.359. The molecular formula is C25H34N4O6S. The van der Waals surface area contributed by atoms with Gasteiger partial charge in [-0.25, -0.2) is 9.59 Å². The molecule has 1 aliphatic rings. The van der Waals surface area contributed by atoms with E-state index in [2.05, 4.69) is 4.98 Å². The van der Waals surface area contributed by atoms with Crippen LogP contribution in [0, 0.1) is 0 Å². The first kappa shape index (κ1) is 27.5. The molecule has 0 aliphatic carbocycles. The zero-order chi connectivity index (χ0) is 26.1. The number of carbonyl (C=O) groups is 2. The van der Waals surface area contributed by atoms with E-state index in [1.165, 1.54) is 22.4 Å². The van der Waals surface area contributed by atoms with E-state index >= 15 is 0 Å². The summed E-state index contributed by atoms with van der Waals surface area (Å²) >= 11 is 1.46. The molecular weight excluding hydrogens is 484 g/mol. The van der Waals surface area contributed by atoms with Gasteiger partial charge in [0.15, 0.2) is 0 Å². The summed E-state index contributed by atoms with van der Waals surface area (Å²) in [6.45, 7) is 6.49. The molecule has 0 saturated carbocycles. The highest BCUT2D eigenvalue weighted by Crippen LogP contribution is 2.31. The third-order valence-electron chi connectivity index (χ3n) is 5.20. The summed E-state index contributed by atoms with van der Waals surface area (Å²) in [6.07, 6.45) is 2.11. The molecule has 2 atom stereocenters. The lowest BCUT2D eigenvalue weighted by atomic mass is 10.2. The summed E-state index contributed by atoms with van der Waals surface area (Å²) in [5, 5.41) is 0. The maximum Gasteiger partial charge on any atom is 0.410 e. The van der Waals surface area contributed by atoms with Crippen LogP contribution in [0.4, 0.5) is 10.6 Å². The van der Waals surface area contributed by atoms with Crippen LogP contribution in [0.2, 0.25) is 0 Å². The molecule has 0 spiro atoms. The van der Waals surface area contributed by atoms with Crippen molar-refractivity contribution < 1.29 is 23.8 Å². The number of hydrogen-bond donors (Lipinski definition) is 1. The van der Waals surface area contributed by atoms with E-state index in [0.717, 1.165) is 5.56 Å². The summed E-state index contributed by atoms with van der Waals surface area (Å²) in [5.41, 5.74) is 5.09. The number of nitrogens with two attached hydrogens (primary N) is 1. The van der Waals surface area contributed by atoms with E-state index in [9.17, 15) is 14.4 Å². The molecule has 2 heterocycles. The molecule has 1 fully saturated rings. The highest BCUT2D eigenvalue weighted by molar-refractivity contribution is 8.00. The molecule has 0 bridgehead atoms. The Morgan fingerprint density at radius 3 is 2.67 bits per heavy atom. The Morgan fingerprint density at radius 1 is 1.22 bits per heavy atom. The Hall–Kier alpha value is -3.05. The Labute approximate surface area is 215 Å². The van der Waals surface area contributed by atoms with E-state index in [0.29, 0.717) is 31.7 Å². The predicted molar refractivity (Wildman–Crippen MR) is 137 cm³/mol. The average Bonchev–Trinajstić information content (AvgIpc) is 3.28. The van der Waals surface area contributed by atoms with Gasteiger partial charge in [0, 0.05) is 31.5 Å². The number of benzene rings is 1. The minimum atomic E-state index is -0.590. The van der Waals surface area contributed by atoms with Crippen molar-refractivity contribution in [3.63, 3.8) is 0 Å². The second-order valence-corrected chi connectivity index (χ2v) is 10.6. The summed E-state index contributed by atoms with van der Waals surface area (Å²) in [6, 6.07) is 11.2. The van der Waals surface area contributed by atoms with E-state index in [1.54, 1.807) is 11.1 Å². The molecule has 2 N–H and O–H groups in total. The Bertz CT molecular complexity index is 1070. The molecule has 1 saturated heterocycles. The molecule has 1 aliphatic heterocycles. The summed E-state index contributed by atoms with van der Waals surface area (Å²) in [7, 11) is 0. The average molecular weight is 519 g/mol. The summed E-state index contributed by atoms with van der Waals surface area (Å²) in [4.78, 5) is 42.2. The number of amides is 1. The van der Waals surface area contributed by atoms with Crippen LogP contribution in [-0.2, 0) is 25.5 Å². The Kier molecular flexibility index (Phi) is 9.77. The van der Waals surface area contributed by atoms with Crippen molar-refractivity contribution >= 4 is 29.6 Å². The van der Waals surface area contributed by atoms with Gasteiger partial charge in [0.2, 0.25) is 0 Å². The lowest BCUT2D eigenvalue weighted by molar-refractivity contribution is -0.147. The molecule has 2 aromatic rings. The number of unbranched alkanes of at least 4 members (excludes halogenated alkanes) is 1. The fraction of sp³-hybridized carbons (Fsp3) is 0.520. The van der Waals surface area contributed by atoms with Crippen LogP contribution < -0.4 is 11.4 Å². The topological polar surface area (TPSA) is 126 Å². The highest BCUT2D eigenvalue weighted by atomic mass is 32.2. The normalized spacial score (nSPS) is 17.5. The van der Waals surface area contributed by atoms with Gasteiger partial charge in [-0.1, -0.05) is 30.3 Å². The molecule has 10 nitrogen and oxygen atoms in total. The monoisotopic (exact) mass is 518 g/mol. The fourth-order valence-corrected chi connectivity index (χ4v) is 4.48. The zero-order valence-corrected chi connectivity index (χ0v) is 21.7. The van der Waals surface area contributed by atoms with Crippen LogP contribution in [0.3, 0.4) is 0 Å². The SMILES string of the molecule is CC(C)(C)OC(=O)N(CCCCC(=O)OCC1OC(n2ccc(N)nc2=O)CS1)Cc1ccccc1. The van der Waals surface area contributed by atoms with Crippen molar-refractivity contribution in [1.29, 1.82) is 0 Å². The van der Waals surface area contributed by atoms with Crippen molar-refractivity contribution in [3.8, 4) is 0 Å². The van der Waals surface area contributed by atoms with Crippen LogP contribution in [0.15, 0.2) is 47.4 Å². The molecule has 3 rings (SSSR count). The molecule has 1 amide bonds. The molecule has 196 valence electrons. The van der Waals surface area contributed by atoms with E-state index < -0.39 is 17.5 Å². The van der Waals surface area contributed by atoms with Crippen LogP contribution in [-0.4, -0.2) is 56.5 Å². The first-order valence-electron chi connectivity index (χ1n) is 11.9. The van der Waals surface area contributed by atoms with E-state index in [-0.39, 0.29) is 36.3 Å². The number of anilines is 1. The van der Waals surface area contributed by atoms with Crippen molar-refractivity contribution in [1.82, 2.24) is 14.5 Å². The van der Waals surface area contributed by atoms with Gasteiger partial charge in [-0.3, -0.25) is 9.36 Å². The van der Waals surface area contributed by atoms with Crippen molar-refractivity contribution in [3.05, 3.63) is 58.6 Å². The lowest BCUT2D eigenvalue weighted by Crippen LogP contribution is -2.37. The lowest BCUT2D eigenvalue weighted by Gasteiger charge is -2.27. The van der Waals surface area contributed by atoms with Gasteiger partial charge < -0.3 is 24.8 Å². The van der Waals surface area contributed by atoms with Crippen LogP contribution in [0.5, 0.6) is 0 Å². The first-order chi connectivity index (χ1) is 17.1. The van der Waals surface area contributed by atoms with E-state index in [1.807, 2.05) is 51.1 Å². The predicted octanol–water partition coefficient (Wildman–Crippen LogP) is 3.56. The number of thioether (sulfide) groups is 1. The van der Waals surface area contributed by atoms with E-state index in [4.69, 9.17) is 19.9 Å². The van der Waals surface area contributed by atoms with Gasteiger partial charge >= 0.3 is 17.8 Å². The number of esters is 1. The van der Waals surface area contributed by atoms with Crippen LogP contribution in [0.25, 0.3) is 0 Å². The minimum Gasteiger partial charge on any atom is -0.462 e. The minimum absolute atomic E-state index is 0.0925.